The van der Waals surface area contributed by atoms with Crippen LogP contribution in [0.25, 0.3) is 6.08 Å². The van der Waals surface area contributed by atoms with Gasteiger partial charge in [-0.2, -0.15) is 0 Å². The molecule has 1 N–H and O–H groups in total. The highest BCUT2D eigenvalue weighted by Crippen LogP contribution is 2.35. The summed E-state index contributed by atoms with van der Waals surface area (Å²) in [6, 6.07) is 11.6. The Morgan fingerprint density at radius 2 is 1.90 bits per heavy atom. The van der Waals surface area contributed by atoms with E-state index in [1.165, 1.54) is 11.1 Å². The van der Waals surface area contributed by atoms with Crippen LogP contribution in [0.4, 0.5) is 0 Å². The van der Waals surface area contributed by atoms with E-state index in [1.54, 1.807) is 18.2 Å². The van der Waals surface area contributed by atoms with Crippen LogP contribution in [0.15, 0.2) is 41.3 Å². The lowest BCUT2D eigenvalue weighted by atomic mass is 10.1. The SMILES string of the molecule is CCOc1cc(/C=C2\SC(=S)N(CC(=O)O)C2=O)ccc1OCc1ccc(C)c(C)c1. The lowest BCUT2D eigenvalue weighted by Gasteiger charge is -2.13. The second-order valence-electron chi connectivity index (χ2n) is 7.01. The molecule has 0 unspecified atom stereocenters. The van der Waals surface area contributed by atoms with Gasteiger partial charge in [-0.1, -0.05) is 48.2 Å². The second-order valence-corrected chi connectivity index (χ2v) is 8.68. The number of carboxylic acids is 1. The minimum absolute atomic E-state index is 0.233. The maximum atomic E-state index is 12.5. The maximum absolute atomic E-state index is 12.5. The zero-order valence-corrected chi connectivity index (χ0v) is 19.1. The van der Waals surface area contributed by atoms with E-state index in [0.717, 1.165) is 27.8 Å². The Hall–Kier alpha value is -2.84. The fourth-order valence-corrected chi connectivity index (χ4v) is 4.23. The molecule has 0 aromatic heterocycles. The third-order valence-electron chi connectivity index (χ3n) is 4.70. The molecular weight excluding hydrogens is 434 g/mol. The topological polar surface area (TPSA) is 76.1 Å². The predicted octanol–water partition coefficient (Wildman–Crippen LogP) is 4.57. The average molecular weight is 458 g/mol. The molecule has 162 valence electrons. The van der Waals surface area contributed by atoms with Gasteiger partial charge in [-0.05, 0) is 61.2 Å². The summed E-state index contributed by atoms with van der Waals surface area (Å²) in [5, 5.41) is 8.96. The van der Waals surface area contributed by atoms with Crippen LogP contribution in [0, 0.1) is 13.8 Å². The number of thioether (sulfide) groups is 1. The number of aryl methyl sites for hydroxylation is 2. The lowest BCUT2D eigenvalue weighted by molar-refractivity contribution is -0.140. The number of nitrogens with zero attached hydrogens (tertiary/aromatic N) is 1. The minimum atomic E-state index is -1.11. The van der Waals surface area contributed by atoms with E-state index in [2.05, 4.69) is 26.0 Å². The van der Waals surface area contributed by atoms with Gasteiger partial charge in [0.1, 0.15) is 17.5 Å². The van der Waals surface area contributed by atoms with E-state index in [9.17, 15) is 9.59 Å². The Kier molecular flexibility index (Phi) is 7.35. The van der Waals surface area contributed by atoms with Crippen LogP contribution in [0.5, 0.6) is 11.5 Å². The highest BCUT2D eigenvalue weighted by molar-refractivity contribution is 8.26. The molecule has 0 bridgehead atoms. The number of amides is 1. The molecule has 1 fully saturated rings. The fraction of sp³-hybridized carbons (Fsp3) is 0.261. The van der Waals surface area contributed by atoms with Gasteiger partial charge in [0.25, 0.3) is 5.91 Å². The number of carbonyl (C=O) groups is 2. The second kappa shape index (κ2) is 9.98. The molecular formula is C23H23NO5S2. The molecule has 1 heterocycles. The Bertz CT molecular complexity index is 1060. The van der Waals surface area contributed by atoms with Gasteiger partial charge < -0.3 is 14.6 Å². The first-order valence-electron chi connectivity index (χ1n) is 9.71. The average Bonchev–Trinajstić information content (AvgIpc) is 2.97. The van der Waals surface area contributed by atoms with Gasteiger partial charge in [0.2, 0.25) is 0 Å². The molecule has 1 saturated heterocycles. The van der Waals surface area contributed by atoms with E-state index in [1.807, 2.05) is 19.1 Å². The van der Waals surface area contributed by atoms with Crippen molar-refractivity contribution in [3.63, 3.8) is 0 Å². The third-order valence-corrected chi connectivity index (χ3v) is 6.08. The van der Waals surface area contributed by atoms with Gasteiger partial charge in [0.05, 0.1) is 11.5 Å². The molecule has 1 aliphatic heterocycles. The summed E-state index contributed by atoms with van der Waals surface area (Å²) in [6.07, 6.45) is 1.68. The van der Waals surface area contributed by atoms with Crippen LogP contribution < -0.4 is 9.47 Å². The summed E-state index contributed by atoms with van der Waals surface area (Å²) < 4.78 is 12.0. The van der Waals surface area contributed by atoms with Crippen molar-refractivity contribution in [3.8, 4) is 11.5 Å². The smallest absolute Gasteiger partial charge is 0.323 e. The Balaban J connectivity index is 1.79. The van der Waals surface area contributed by atoms with Crippen molar-refractivity contribution in [2.24, 2.45) is 0 Å². The standard InChI is InChI=1S/C23H23NO5S2/c1-4-28-19-10-16(11-20-22(27)24(12-21(25)26)23(30)31-20)7-8-18(19)29-13-17-6-5-14(2)15(3)9-17/h5-11H,4,12-13H2,1-3H3,(H,25,26)/b20-11-. The number of rotatable bonds is 8. The van der Waals surface area contributed by atoms with Crippen LogP contribution in [0.1, 0.15) is 29.2 Å². The number of hydrogen-bond acceptors (Lipinski definition) is 6. The largest absolute Gasteiger partial charge is 0.490 e. The number of ether oxygens (including phenoxy) is 2. The van der Waals surface area contributed by atoms with Crippen molar-refractivity contribution in [1.82, 2.24) is 4.90 Å². The highest BCUT2D eigenvalue weighted by Gasteiger charge is 2.33. The van der Waals surface area contributed by atoms with Gasteiger partial charge in [0, 0.05) is 0 Å². The Morgan fingerprint density at radius 1 is 1.13 bits per heavy atom. The van der Waals surface area contributed by atoms with Crippen LogP contribution in [0.2, 0.25) is 0 Å². The van der Waals surface area contributed by atoms with Crippen LogP contribution in [-0.2, 0) is 16.2 Å². The van der Waals surface area contributed by atoms with Crippen molar-refractivity contribution in [1.29, 1.82) is 0 Å². The van der Waals surface area contributed by atoms with Crippen molar-refractivity contribution in [2.45, 2.75) is 27.4 Å². The van der Waals surface area contributed by atoms with Gasteiger partial charge in [-0.3, -0.25) is 14.5 Å². The molecule has 6 nitrogen and oxygen atoms in total. The van der Waals surface area contributed by atoms with Gasteiger partial charge in [0.15, 0.2) is 11.5 Å². The normalized spacial score (nSPS) is 14.9. The van der Waals surface area contributed by atoms with Gasteiger partial charge in [-0.15, -0.1) is 0 Å². The van der Waals surface area contributed by atoms with Gasteiger partial charge in [-0.25, -0.2) is 0 Å². The van der Waals surface area contributed by atoms with Crippen molar-refractivity contribution < 1.29 is 24.2 Å². The highest BCUT2D eigenvalue weighted by atomic mass is 32.2. The number of carboxylic acid groups (broad SMARTS) is 1. The van der Waals surface area contributed by atoms with Crippen LogP contribution in [-0.4, -0.2) is 39.4 Å². The summed E-state index contributed by atoms with van der Waals surface area (Å²) in [5.74, 6) is -0.344. The van der Waals surface area contributed by atoms with Crippen molar-refractivity contribution >= 4 is 46.3 Å². The Morgan fingerprint density at radius 3 is 2.58 bits per heavy atom. The summed E-state index contributed by atoms with van der Waals surface area (Å²) in [7, 11) is 0. The molecule has 0 saturated carbocycles. The summed E-state index contributed by atoms with van der Waals surface area (Å²) in [5.41, 5.74) is 4.24. The molecule has 31 heavy (non-hydrogen) atoms. The third kappa shape index (κ3) is 5.65. The maximum Gasteiger partial charge on any atom is 0.323 e. The molecule has 0 spiro atoms. The first kappa shape index (κ1) is 22.8. The van der Waals surface area contributed by atoms with E-state index >= 15 is 0 Å². The van der Waals surface area contributed by atoms with Crippen LogP contribution >= 0.6 is 24.0 Å². The first-order chi connectivity index (χ1) is 14.8. The molecule has 1 amide bonds. The summed E-state index contributed by atoms with van der Waals surface area (Å²) >= 11 is 6.22. The number of aliphatic carboxylic acids is 1. The van der Waals surface area contributed by atoms with Crippen molar-refractivity contribution in [2.75, 3.05) is 13.2 Å². The summed E-state index contributed by atoms with van der Waals surface area (Å²) in [6.45, 7) is 6.45. The van der Waals surface area contributed by atoms with Crippen molar-refractivity contribution in [3.05, 3.63) is 63.6 Å². The van der Waals surface area contributed by atoms with E-state index in [0.29, 0.717) is 29.6 Å². The molecule has 0 radical (unpaired) electrons. The molecule has 3 rings (SSSR count). The molecule has 0 aliphatic carbocycles. The predicted molar refractivity (Wildman–Crippen MR) is 125 cm³/mol. The van der Waals surface area contributed by atoms with E-state index in [4.69, 9.17) is 26.8 Å². The molecule has 2 aromatic carbocycles. The zero-order chi connectivity index (χ0) is 22.5. The number of carbonyl (C=O) groups excluding carboxylic acids is 1. The van der Waals surface area contributed by atoms with Gasteiger partial charge >= 0.3 is 5.97 Å². The number of thiocarbonyl (C=S) groups is 1. The number of hydrogen-bond donors (Lipinski definition) is 1. The Labute approximate surface area is 190 Å². The minimum Gasteiger partial charge on any atom is -0.490 e. The van der Waals surface area contributed by atoms with E-state index in [-0.39, 0.29) is 4.32 Å². The monoisotopic (exact) mass is 457 g/mol. The number of benzene rings is 2. The zero-order valence-electron chi connectivity index (χ0n) is 17.5. The van der Waals surface area contributed by atoms with Crippen LogP contribution in [0.3, 0.4) is 0 Å². The molecule has 1 aliphatic rings. The lowest BCUT2D eigenvalue weighted by Crippen LogP contribution is -2.33. The summed E-state index contributed by atoms with van der Waals surface area (Å²) in [4.78, 5) is 24.9. The molecule has 2 aromatic rings. The first-order valence-corrected chi connectivity index (χ1v) is 10.9. The quantitative estimate of drug-likeness (QED) is 0.460. The van der Waals surface area contributed by atoms with E-state index < -0.39 is 18.4 Å². The molecule has 0 atom stereocenters. The fourth-order valence-electron chi connectivity index (χ4n) is 2.98. The molecule has 8 heteroatoms.